The minimum absolute atomic E-state index is 0.0467. The molecule has 1 aliphatic rings. The third-order valence-corrected chi connectivity index (χ3v) is 6.03. The molecule has 134 valence electrons. The van der Waals surface area contributed by atoms with Gasteiger partial charge in [-0.3, -0.25) is 4.79 Å². The van der Waals surface area contributed by atoms with Crippen molar-refractivity contribution in [3.05, 3.63) is 18.2 Å². The van der Waals surface area contributed by atoms with E-state index in [2.05, 4.69) is 5.32 Å². The molecule has 1 heterocycles. The number of hydrogen-bond acceptors (Lipinski definition) is 5. The molecule has 0 radical (unpaired) electrons. The quantitative estimate of drug-likeness (QED) is 0.839. The van der Waals surface area contributed by atoms with E-state index in [0.29, 0.717) is 36.6 Å². The number of ether oxygens (including phenoxy) is 2. The number of nitrogens with zero attached hydrogens (tertiary/aromatic N) is 1. The maximum absolute atomic E-state index is 12.6. The van der Waals surface area contributed by atoms with Crippen molar-refractivity contribution in [2.45, 2.75) is 19.8 Å². The van der Waals surface area contributed by atoms with Crippen LogP contribution in [0.1, 0.15) is 19.8 Å². The monoisotopic (exact) mass is 356 g/mol. The van der Waals surface area contributed by atoms with Gasteiger partial charge in [0.15, 0.2) is 0 Å². The summed E-state index contributed by atoms with van der Waals surface area (Å²) in [6, 6.07) is 5.13. The third kappa shape index (κ3) is 4.18. The van der Waals surface area contributed by atoms with Gasteiger partial charge in [-0.1, -0.05) is 0 Å². The second-order valence-electron chi connectivity index (χ2n) is 5.65. The standard InChI is InChI=1S/C16H24N2O5S/c1-4-24(20,21)18-9-5-6-12(11-18)16(19)17-14-10-13(22-2)7-8-15(14)23-3/h7-8,10,12H,4-6,9,11H2,1-3H3,(H,17,19)/t12-/m1/s1. The molecule has 24 heavy (non-hydrogen) atoms. The van der Waals surface area contributed by atoms with Crippen LogP contribution in [0.5, 0.6) is 11.5 Å². The molecule has 1 N–H and O–H groups in total. The molecule has 1 saturated heterocycles. The maximum atomic E-state index is 12.6. The smallest absolute Gasteiger partial charge is 0.228 e. The predicted molar refractivity (Wildman–Crippen MR) is 91.9 cm³/mol. The van der Waals surface area contributed by atoms with E-state index in [1.807, 2.05) is 0 Å². The molecule has 0 saturated carbocycles. The van der Waals surface area contributed by atoms with Crippen LogP contribution in [0.4, 0.5) is 5.69 Å². The number of hydrogen-bond donors (Lipinski definition) is 1. The van der Waals surface area contributed by atoms with Crippen molar-refractivity contribution >= 4 is 21.6 Å². The number of anilines is 1. The summed E-state index contributed by atoms with van der Waals surface area (Å²) in [5.74, 6) is 0.585. The van der Waals surface area contributed by atoms with Crippen LogP contribution in [-0.2, 0) is 14.8 Å². The normalized spacial score (nSPS) is 18.9. The molecule has 0 bridgehead atoms. The molecule has 1 aromatic carbocycles. The van der Waals surface area contributed by atoms with Gasteiger partial charge in [0.25, 0.3) is 0 Å². The highest BCUT2D eigenvalue weighted by Crippen LogP contribution is 2.30. The van der Waals surface area contributed by atoms with Crippen LogP contribution in [0.15, 0.2) is 18.2 Å². The molecule has 0 spiro atoms. The first-order valence-corrected chi connectivity index (χ1v) is 9.53. The second-order valence-corrected chi connectivity index (χ2v) is 7.91. The molecule has 1 amide bonds. The van der Waals surface area contributed by atoms with Gasteiger partial charge in [-0.05, 0) is 31.9 Å². The van der Waals surface area contributed by atoms with Gasteiger partial charge in [0.05, 0.1) is 31.6 Å². The Labute approximate surface area is 143 Å². The van der Waals surface area contributed by atoms with Crippen LogP contribution >= 0.6 is 0 Å². The third-order valence-electron chi connectivity index (χ3n) is 4.18. The van der Waals surface area contributed by atoms with Gasteiger partial charge in [0.2, 0.25) is 15.9 Å². The molecule has 0 aliphatic carbocycles. The van der Waals surface area contributed by atoms with Gasteiger partial charge in [-0.15, -0.1) is 0 Å². The van der Waals surface area contributed by atoms with Crippen molar-refractivity contribution in [1.29, 1.82) is 0 Å². The maximum Gasteiger partial charge on any atom is 0.228 e. The molecule has 7 nitrogen and oxygen atoms in total. The van der Waals surface area contributed by atoms with E-state index in [1.165, 1.54) is 11.4 Å². The van der Waals surface area contributed by atoms with Crippen LogP contribution in [0.3, 0.4) is 0 Å². The van der Waals surface area contributed by atoms with Gasteiger partial charge >= 0.3 is 0 Å². The summed E-state index contributed by atoms with van der Waals surface area (Å²) < 4.78 is 35.9. The zero-order valence-corrected chi connectivity index (χ0v) is 15.1. The highest BCUT2D eigenvalue weighted by atomic mass is 32.2. The van der Waals surface area contributed by atoms with Gasteiger partial charge < -0.3 is 14.8 Å². The highest BCUT2D eigenvalue weighted by molar-refractivity contribution is 7.89. The fourth-order valence-corrected chi connectivity index (χ4v) is 3.92. The molecular formula is C16H24N2O5S. The summed E-state index contributed by atoms with van der Waals surface area (Å²) in [7, 11) is -0.210. The summed E-state index contributed by atoms with van der Waals surface area (Å²) in [5.41, 5.74) is 0.511. The first-order chi connectivity index (χ1) is 11.4. The number of methoxy groups -OCH3 is 2. The number of carbonyl (C=O) groups excluding carboxylic acids is 1. The Bertz CT molecular complexity index is 690. The summed E-state index contributed by atoms with van der Waals surface area (Å²) in [4.78, 5) is 12.6. The number of piperidine rings is 1. The number of benzene rings is 1. The van der Waals surface area contributed by atoms with Crippen molar-refractivity contribution in [2.75, 3.05) is 38.4 Å². The Balaban J connectivity index is 2.12. The molecule has 1 aromatic rings. The Morgan fingerprint density at radius 1 is 1.33 bits per heavy atom. The Morgan fingerprint density at radius 3 is 2.71 bits per heavy atom. The zero-order chi connectivity index (χ0) is 17.7. The van der Waals surface area contributed by atoms with Crippen LogP contribution in [-0.4, -0.2) is 51.7 Å². The van der Waals surface area contributed by atoms with E-state index in [-0.39, 0.29) is 24.1 Å². The topological polar surface area (TPSA) is 84.9 Å². The Hall–Kier alpha value is -1.80. The van der Waals surface area contributed by atoms with Gasteiger partial charge in [-0.2, -0.15) is 0 Å². The fourth-order valence-electron chi connectivity index (χ4n) is 2.74. The van der Waals surface area contributed by atoms with Gasteiger partial charge in [-0.25, -0.2) is 12.7 Å². The lowest BCUT2D eigenvalue weighted by Crippen LogP contribution is -2.44. The lowest BCUT2D eigenvalue weighted by atomic mass is 9.98. The van der Waals surface area contributed by atoms with Crippen LogP contribution < -0.4 is 14.8 Å². The molecule has 1 aliphatic heterocycles. The van der Waals surface area contributed by atoms with E-state index in [9.17, 15) is 13.2 Å². The van der Waals surface area contributed by atoms with Gasteiger partial charge in [0, 0.05) is 19.2 Å². The summed E-state index contributed by atoms with van der Waals surface area (Å²) in [6.45, 7) is 2.30. The first-order valence-electron chi connectivity index (χ1n) is 7.92. The average molecular weight is 356 g/mol. The first kappa shape index (κ1) is 18.5. The number of nitrogens with one attached hydrogen (secondary N) is 1. The molecule has 0 aromatic heterocycles. The fraction of sp³-hybridized carbons (Fsp3) is 0.562. The van der Waals surface area contributed by atoms with Gasteiger partial charge in [0.1, 0.15) is 11.5 Å². The van der Waals surface area contributed by atoms with E-state index >= 15 is 0 Å². The minimum atomic E-state index is -3.28. The van der Waals surface area contributed by atoms with E-state index in [1.54, 1.807) is 32.2 Å². The molecule has 1 atom stereocenters. The second kappa shape index (κ2) is 7.85. The van der Waals surface area contributed by atoms with Crippen molar-refractivity contribution in [1.82, 2.24) is 4.31 Å². The summed E-state index contributed by atoms with van der Waals surface area (Å²) >= 11 is 0. The van der Waals surface area contributed by atoms with E-state index in [0.717, 1.165) is 0 Å². The lowest BCUT2D eigenvalue weighted by Gasteiger charge is -2.31. The van der Waals surface area contributed by atoms with Crippen molar-refractivity contribution in [3.8, 4) is 11.5 Å². The Kier molecular flexibility index (Phi) is 6.06. The highest BCUT2D eigenvalue weighted by Gasteiger charge is 2.31. The van der Waals surface area contributed by atoms with Crippen molar-refractivity contribution < 1.29 is 22.7 Å². The van der Waals surface area contributed by atoms with E-state index < -0.39 is 10.0 Å². The lowest BCUT2D eigenvalue weighted by molar-refractivity contribution is -0.120. The van der Waals surface area contributed by atoms with Crippen LogP contribution in [0.2, 0.25) is 0 Å². The number of amides is 1. The zero-order valence-electron chi connectivity index (χ0n) is 14.2. The predicted octanol–water partition coefficient (Wildman–Crippen LogP) is 1.70. The van der Waals surface area contributed by atoms with Crippen LogP contribution in [0.25, 0.3) is 0 Å². The summed E-state index contributed by atoms with van der Waals surface area (Å²) in [6.07, 6.45) is 1.33. The van der Waals surface area contributed by atoms with Crippen LogP contribution in [0, 0.1) is 5.92 Å². The SMILES string of the molecule is CCS(=O)(=O)N1CCC[C@@H](C(=O)Nc2cc(OC)ccc2OC)C1. The van der Waals surface area contributed by atoms with E-state index in [4.69, 9.17) is 9.47 Å². The average Bonchev–Trinajstić information content (AvgIpc) is 2.61. The molecule has 2 rings (SSSR count). The number of carbonyl (C=O) groups is 1. The van der Waals surface area contributed by atoms with Crippen molar-refractivity contribution in [2.24, 2.45) is 5.92 Å². The van der Waals surface area contributed by atoms with Crippen molar-refractivity contribution in [3.63, 3.8) is 0 Å². The molecule has 0 unspecified atom stereocenters. The largest absolute Gasteiger partial charge is 0.497 e. The Morgan fingerprint density at radius 2 is 2.08 bits per heavy atom. The molecular weight excluding hydrogens is 332 g/mol. The number of sulfonamides is 1. The number of rotatable bonds is 6. The summed E-state index contributed by atoms with van der Waals surface area (Å²) in [5, 5.41) is 2.83. The molecule has 8 heteroatoms. The molecule has 1 fully saturated rings. The minimum Gasteiger partial charge on any atom is -0.497 e.